The highest BCUT2D eigenvalue weighted by Crippen LogP contribution is 2.21. The van der Waals surface area contributed by atoms with Crippen molar-refractivity contribution in [3.8, 4) is 0 Å². The fraction of sp³-hybridized carbons (Fsp3) is 0.333. The number of benzene rings is 1. The minimum Gasteiger partial charge on any atom is -0.393 e. The van der Waals surface area contributed by atoms with E-state index < -0.39 is 6.10 Å². The number of aliphatic hydroxyl groups excluding tert-OH is 2. The highest BCUT2D eigenvalue weighted by molar-refractivity contribution is 5.37. The zero-order valence-electron chi connectivity index (χ0n) is 7.98. The SMILES string of the molecule is OC[C@@H](O)c1ccc2c(c1)CC=CC2. The lowest BCUT2D eigenvalue weighted by Crippen LogP contribution is -2.05. The Morgan fingerprint density at radius 2 is 1.86 bits per heavy atom. The van der Waals surface area contributed by atoms with Crippen molar-refractivity contribution in [3.05, 3.63) is 47.0 Å². The van der Waals surface area contributed by atoms with E-state index in [1.54, 1.807) is 0 Å². The van der Waals surface area contributed by atoms with Crippen LogP contribution in [-0.4, -0.2) is 16.8 Å². The van der Waals surface area contributed by atoms with Crippen LogP contribution in [0.1, 0.15) is 22.8 Å². The summed E-state index contributed by atoms with van der Waals surface area (Å²) in [4.78, 5) is 0. The summed E-state index contributed by atoms with van der Waals surface area (Å²) < 4.78 is 0. The van der Waals surface area contributed by atoms with Crippen LogP contribution in [0.5, 0.6) is 0 Å². The van der Waals surface area contributed by atoms with E-state index in [4.69, 9.17) is 5.11 Å². The second-order valence-electron chi connectivity index (χ2n) is 3.61. The van der Waals surface area contributed by atoms with Gasteiger partial charge in [0.25, 0.3) is 0 Å². The van der Waals surface area contributed by atoms with Crippen LogP contribution in [0.25, 0.3) is 0 Å². The molecule has 0 saturated heterocycles. The average Bonchev–Trinajstić information content (AvgIpc) is 2.27. The highest BCUT2D eigenvalue weighted by Gasteiger charge is 2.10. The van der Waals surface area contributed by atoms with E-state index in [9.17, 15) is 5.11 Å². The van der Waals surface area contributed by atoms with Gasteiger partial charge in [-0.05, 0) is 29.5 Å². The third-order valence-electron chi connectivity index (χ3n) is 2.63. The molecule has 0 spiro atoms. The Kier molecular flexibility index (Phi) is 2.66. The number of aliphatic hydroxyl groups is 2. The zero-order valence-corrected chi connectivity index (χ0v) is 7.98. The van der Waals surface area contributed by atoms with Crippen molar-refractivity contribution in [2.75, 3.05) is 6.61 Å². The van der Waals surface area contributed by atoms with Gasteiger partial charge in [0.15, 0.2) is 0 Å². The first-order chi connectivity index (χ1) is 6.81. The minimum atomic E-state index is -0.744. The molecule has 0 amide bonds. The number of fused-ring (bicyclic) bond motifs is 1. The molecule has 0 radical (unpaired) electrons. The molecular formula is C12H14O2. The van der Waals surface area contributed by atoms with Gasteiger partial charge in [-0.2, -0.15) is 0 Å². The maximum absolute atomic E-state index is 9.46. The highest BCUT2D eigenvalue weighted by atomic mass is 16.3. The normalized spacial score (nSPS) is 16.4. The van der Waals surface area contributed by atoms with E-state index in [0.29, 0.717) is 0 Å². The molecule has 0 aliphatic heterocycles. The standard InChI is InChI=1S/C12H14O2/c13-8-12(14)11-6-5-9-3-1-2-4-10(9)7-11/h1-2,5-7,12-14H,3-4,8H2/t12-/m1/s1. The Balaban J connectivity index is 2.31. The smallest absolute Gasteiger partial charge is 0.102 e. The lowest BCUT2D eigenvalue weighted by molar-refractivity contribution is 0.0955. The van der Waals surface area contributed by atoms with Gasteiger partial charge in [0.05, 0.1) is 6.61 Å². The molecule has 1 aromatic rings. The number of allylic oxidation sites excluding steroid dienone is 2. The first-order valence-corrected chi connectivity index (χ1v) is 4.87. The quantitative estimate of drug-likeness (QED) is 0.691. The van der Waals surface area contributed by atoms with Crippen molar-refractivity contribution < 1.29 is 10.2 Å². The summed E-state index contributed by atoms with van der Waals surface area (Å²) >= 11 is 0. The zero-order chi connectivity index (χ0) is 9.97. The van der Waals surface area contributed by atoms with Crippen LogP contribution in [0.2, 0.25) is 0 Å². The van der Waals surface area contributed by atoms with Crippen LogP contribution in [0.15, 0.2) is 30.4 Å². The van der Waals surface area contributed by atoms with Gasteiger partial charge in [-0.25, -0.2) is 0 Å². The van der Waals surface area contributed by atoms with Gasteiger partial charge >= 0.3 is 0 Å². The molecule has 2 nitrogen and oxygen atoms in total. The van der Waals surface area contributed by atoms with Gasteiger partial charge in [0.2, 0.25) is 0 Å². The molecule has 0 saturated carbocycles. The van der Waals surface area contributed by atoms with E-state index in [2.05, 4.69) is 12.2 Å². The molecule has 2 rings (SSSR count). The average molecular weight is 190 g/mol. The topological polar surface area (TPSA) is 40.5 Å². The van der Waals surface area contributed by atoms with Crippen LogP contribution in [0.4, 0.5) is 0 Å². The number of hydrogen-bond donors (Lipinski definition) is 2. The molecule has 14 heavy (non-hydrogen) atoms. The van der Waals surface area contributed by atoms with E-state index in [1.165, 1.54) is 11.1 Å². The van der Waals surface area contributed by atoms with Crippen molar-refractivity contribution in [1.29, 1.82) is 0 Å². The number of hydrogen-bond acceptors (Lipinski definition) is 2. The maximum Gasteiger partial charge on any atom is 0.102 e. The molecule has 1 aromatic carbocycles. The molecule has 1 aliphatic rings. The molecule has 1 aliphatic carbocycles. The Morgan fingerprint density at radius 3 is 2.57 bits per heavy atom. The van der Waals surface area contributed by atoms with Crippen LogP contribution >= 0.6 is 0 Å². The summed E-state index contributed by atoms with van der Waals surface area (Å²) in [5.41, 5.74) is 3.39. The van der Waals surface area contributed by atoms with E-state index >= 15 is 0 Å². The van der Waals surface area contributed by atoms with E-state index in [-0.39, 0.29) is 6.61 Å². The third-order valence-corrected chi connectivity index (χ3v) is 2.63. The molecule has 1 atom stereocenters. The van der Waals surface area contributed by atoms with Crippen molar-refractivity contribution in [2.24, 2.45) is 0 Å². The van der Waals surface area contributed by atoms with Crippen molar-refractivity contribution in [3.63, 3.8) is 0 Å². The summed E-state index contributed by atoms with van der Waals surface area (Å²) in [6.07, 6.45) is 5.46. The summed E-state index contributed by atoms with van der Waals surface area (Å²) in [5, 5.41) is 18.3. The summed E-state index contributed by atoms with van der Waals surface area (Å²) in [5.74, 6) is 0. The Hall–Kier alpha value is -1.12. The Morgan fingerprint density at radius 1 is 1.14 bits per heavy atom. The maximum atomic E-state index is 9.46. The molecular weight excluding hydrogens is 176 g/mol. The summed E-state index contributed by atoms with van der Waals surface area (Å²) in [7, 11) is 0. The largest absolute Gasteiger partial charge is 0.393 e. The molecule has 2 N–H and O–H groups in total. The molecule has 0 bridgehead atoms. The van der Waals surface area contributed by atoms with Gasteiger partial charge in [-0.15, -0.1) is 0 Å². The minimum absolute atomic E-state index is 0.214. The fourth-order valence-corrected chi connectivity index (χ4v) is 1.77. The van der Waals surface area contributed by atoms with Crippen LogP contribution in [0, 0.1) is 0 Å². The molecule has 74 valence electrons. The molecule has 0 fully saturated rings. The second kappa shape index (κ2) is 3.95. The Bertz CT molecular complexity index is 355. The van der Waals surface area contributed by atoms with Gasteiger partial charge in [-0.1, -0.05) is 30.4 Å². The van der Waals surface area contributed by atoms with Gasteiger partial charge in [0.1, 0.15) is 6.10 Å². The molecule has 2 heteroatoms. The molecule has 0 aromatic heterocycles. The summed E-state index contributed by atoms with van der Waals surface area (Å²) in [6, 6.07) is 5.91. The third kappa shape index (κ3) is 1.72. The van der Waals surface area contributed by atoms with E-state index in [0.717, 1.165) is 18.4 Å². The Labute approximate surface area is 83.5 Å². The van der Waals surface area contributed by atoms with Crippen LogP contribution in [-0.2, 0) is 12.8 Å². The second-order valence-corrected chi connectivity index (χ2v) is 3.61. The lowest BCUT2D eigenvalue weighted by atomic mass is 9.93. The first kappa shape index (κ1) is 9.44. The predicted molar refractivity (Wildman–Crippen MR) is 55.0 cm³/mol. The monoisotopic (exact) mass is 190 g/mol. The van der Waals surface area contributed by atoms with Crippen molar-refractivity contribution in [1.82, 2.24) is 0 Å². The van der Waals surface area contributed by atoms with Crippen LogP contribution in [0.3, 0.4) is 0 Å². The first-order valence-electron chi connectivity index (χ1n) is 4.87. The van der Waals surface area contributed by atoms with Gasteiger partial charge < -0.3 is 10.2 Å². The lowest BCUT2D eigenvalue weighted by Gasteiger charge is -2.14. The van der Waals surface area contributed by atoms with Gasteiger partial charge in [-0.3, -0.25) is 0 Å². The van der Waals surface area contributed by atoms with E-state index in [1.807, 2.05) is 18.2 Å². The predicted octanol–water partition coefficient (Wildman–Crippen LogP) is 1.37. The van der Waals surface area contributed by atoms with Crippen molar-refractivity contribution >= 4 is 0 Å². The molecule has 0 heterocycles. The van der Waals surface area contributed by atoms with Crippen molar-refractivity contribution in [2.45, 2.75) is 18.9 Å². The fourth-order valence-electron chi connectivity index (χ4n) is 1.77. The number of rotatable bonds is 2. The molecule has 0 unspecified atom stereocenters. The van der Waals surface area contributed by atoms with Gasteiger partial charge in [0, 0.05) is 0 Å². The summed E-state index contributed by atoms with van der Waals surface area (Å²) in [6.45, 7) is -0.214. The van der Waals surface area contributed by atoms with Crippen LogP contribution < -0.4 is 0 Å².